The maximum absolute atomic E-state index is 13.1. The van der Waals surface area contributed by atoms with Gasteiger partial charge in [0.1, 0.15) is 5.57 Å². The monoisotopic (exact) mass is 448 g/mol. The summed E-state index contributed by atoms with van der Waals surface area (Å²) in [6.07, 6.45) is 1.18. The van der Waals surface area contributed by atoms with Gasteiger partial charge in [-0.3, -0.25) is 14.9 Å². The number of amides is 4. The third kappa shape index (κ3) is 4.27. The van der Waals surface area contributed by atoms with Crippen LogP contribution in [0, 0.1) is 0 Å². The molecule has 0 bridgehead atoms. The van der Waals surface area contributed by atoms with Crippen molar-refractivity contribution in [2.45, 2.75) is 20.0 Å². The Morgan fingerprint density at radius 1 is 1.07 bits per heavy atom. The normalized spacial score (nSPS) is 15.6. The number of hydrogen-bond donors (Lipinski definition) is 1. The average molecular weight is 449 g/mol. The number of urea groups is 1. The van der Waals surface area contributed by atoms with Gasteiger partial charge in [-0.1, -0.05) is 35.3 Å². The zero-order valence-corrected chi connectivity index (χ0v) is 17.9. The molecular weight excluding hydrogens is 431 g/mol. The van der Waals surface area contributed by atoms with Crippen molar-refractivity contribution >= 4 is 52.8 Å². The molecule has 0 aromatic heterocycles. The fraction of sp³-hybridized carbons (Fsp3) is 0.190. The smallest absolute Gasteiger partial charge is 0.335 e. The van der Waals surface area contributed by atoms with Crippen molar-refractivity contribution in [3.63, 3.8) is 0 Å². The minimum absolute atomic E-state index is 0.164. The Morgan fingerprint density at radius 2 is 1.80 bits per heavy atom. The van der Waals surface area contributed by atoms with Crippen molar-refractivity contribution in [3.8, 4) is 11.5 Å². The summed E-state index contributed by atoms with van der Waals surface area (Å²) in [7, 11) is 1.49. The number of imide groups is 2. The number of barbiturate groups is 1. The SMILES string of the molecule is COc1cccc(/C=C2\C(=O)NC(=O)N(c3ccc(Cl)c(Cl)c3)C2=O)c1OC(C)C. The molecule has 1 saturated heterocycles. The zero-order valence-electron chi connectivity index (χ0n) is 16.4. The number of anilines is 1. The molecule has 1 aliphatic rings. The maximum Gasteiger partial charge on any atom is 0.335 e. The van der Waals surface area contributed by atoms with E-state index in [0.29, 0.717) is 17.1 Å². The van der Waals surface area contributed by atoms with Crippen LogP contribution in [0.5, 0.6) is 11.5 Å². The van der Waals surface area contributed by atoms with Crippen LogP contribution in [0.1, 0.15) is 19.4 Å². The van der Waals surface area contributed by atoms with E-state index in [9.17, 15) is 14.4 Å². The summed E-state index contributed by atoms with van der Waals surface area (Å²) in [5.41, 5.74) is 0.377. The van der Waals surface area contributed by atoms with Crippen LogP contribution in [0.25, 0.3) is 6.08 Å². The van der Waals surface area contributed by atoms with Gasteiger partial charge in [-0.15, -0.1) is 0 Å². The number of para-hydroxylation sites is 1. The number of carbonyl (C=O) groups excluding carboxylic acids is 3. The van der Waals surface area contributed by atoms with Gasteiger partial charge in [-0.2, -0.15) is 0 Å². The van der Waals surface area contributed by atoms with E-state index >= 15 is 0 Å². The van der Waals surface area contributed by atoms with Crippen molar-refractivity contribution in [2.24, 2.45) is 0 Å². The molecule has 2 aromatic carbocycles. The molecule has 0 atom stereocenters. The summed E-state index contributed by atoms with van der Waals surface area (Å²) >= 11 is 11.9. The van der Waals surface area contributed by atoms with Gasteiger partial charge in [0.15, 0.2) is 11.5 Å². The first-order valence-electron chi connectivity index (χ1n) is 8.93. The number of benzene rings is 2. The van der Waals surface area contributed by atoms with Crippen molar-refractivity contribution in [1.82, 2.24) is 5.32 Å². The minimum Gasteiger partial charge on any atom is -0.493 e. The van der Waals surface area contributed by atoms with E-state index < -0.39 is 17.8 Å². The fourth-order valence-corrected chi connectivity index (χ4v) is 3.13. The number of halogens is 2. The van der Waals surface area contributed by atoms with Crippen molar-refractivity contribution in [2.75, 3.05) is 12.0 Å². The highest BCUT2D eigenvalue weighted by molar-refractivity contribution is 6.43. The lowest BCUT2D eigenvalue weighted by Crippen LogP contribution is -2.54. The highest BCUT2D eigenvalue weighted by Crippen LogP contribution is 2.35. The molecule has 0 saturated carbocycles. The maximum atomic E-state index is 13.1. The topological polar surface area (TPSA) is 84.9 Å². The van der Waals surface area contributed by atoms with Gasteiger partial charge in [0.25, 0.3) is 11.8 Å². The molecule has 2 aromatic rings. The second-order valence-corrected chi connectivity index (χ2v) is 7.42. The number of nitrogens with one attached hydrogen (secondary N) is 1. The Balaban J connectivity index is 2.08. The van der Waals surface area contributed by atoms with Crippen LogP contribution in [0.3, 0.4) is 0 Å². The molecule has 7 nitrogen and oxygen atoms in total. The summed E-state index contributed by atoms with van der Waals surface area (Å²) in [6.45, 7) is 3.68. The van der Waals surface area contributed by atoms with Gasteiger partial charge >= 0.3 is 6.03 Å². The summed E-state index contributed by atoms with van der Waals surface area (Å²) in [5.74, 6) is -0.805. The standard InChI is InChI=1S/C21H18Cl2N2O5/c1-11(2)30-18-12(5-4-6-17(18)29-3)9-14-19(26)24-21(28)25(20(14)27)13-7-8-15(22)16(23)10-13/h4-11H,1-3H3,(H,24,26,28)/b14-9+. The lowest BCUT2D eigenvalue weighted by Gasteiger charge is -2.26. The van der Waals surface area contributed by atoms with E-state index in [1.54, 1.807) is 18.2 Å². The van der Waals surface area contributed by atoms with E-state index in [0.717, 1.165) is 4.90 Å². The fourth-order valence-electron chi connectivity index (χ4n) is 2.84. The molecule has 0 spiro atoms. The molecule has 0 radical (unpaired) electrons. The molecule has 1 fully saturated rings. The Morgan fingerprint density at radius 3 is 2.43 bits per heavy atom. The Kier molecular flexibility index (Phi) is 6.34. The van der Waals surface area contributed by atoms with Gasteiger partial charge in [0, 0.05) is 5.56 Å². The predicted octanol–water partition coefficient (Wildman–Crippen LogP) is 4.46. The number of carbonyl (C=O) groups is 3. The Bertz CT molecular complexity index is 1070. The van der Waals surface area contributed by atoms with Crippen LogP contribution in [0.4, 0.5) is 10.5 Å². The van der Waals surface area contributed by atoms with Crippen molar-refractivity contribution < 1.29 is 23.9 Å². The third-order valence-electron chi connectivity index (χ3n) is 4.15. The molecule has 4 amide bonds. The molecule has 9 heteroatoms. The summed E-state index contributed by atoms with van der Waals surface area (Å²) in [6, 6.07) is 8.47. The number of nitrogens with zero attached hydrogens (tertiary/aromatic N) is 1. The number of ether oxygens (including phenoxy) is 2. The molecule has 3 rings (SSSR count). The summed E-state index contributed by atoms with van der Waals surface area (Å²) in [4.78, 5) is 38.7. The lowest BCUT2D eigenvalue weighted by molar-refractivity contribution is -0.122. The van der Waals surface area contributed by atoms with Crippen LogP contribution in [-0.4, -0.2) is 31.1 Å². The summed E-state index contributed by atoms with van der Waals surface area (Å²) in [5, 5.41) is 2.59. The van der Waals surface area contributed by atoms with Gasteiger partial charge in [-0.25, -0.2) is 9.69 Å². The first-order valence-corrected chi connectivity index (χ1v) is 9.68. The minimum atomic E-state index is -0.884. The van der Waals surface area contributed by atoms with E-state index in [1.165, 1.54) is 31.4 Å². The van der Waals surface area contributed by atoms with Crippen LogP contribution in [0.15, 0.2) is 42.0 Å². The first-order chi connectivity index (χ1) is 14.2. The molecule has 1 aliphatic heterocycles. The van der Waals surface area contributed by atoms with Crippen LogP contribution in [-0.2, 0) is 9.59 Å². The second-order valence-electron chi connectivity index (χ2n) is 6.60. The number of rotatable bonds is 5. The van der Waals surface area contributed by atoms with Crippen molar-refractivity contribution in [3.05, 3.63) is 57.6 Å². The first kappa shape index (κ1) is 21.7. The van der Waals surface area contributed by atoms with E-state index in [4.69, 9.17) is 32.7 Å². The highest BCUT2D eigenvalue weighted by atomic mass is 35.5. The lowest BCUT2D eigenvalue weighted by atomic mass is 10.1. The Hall–Kier alpha value is -3.03. The molecule has 156 valence electrons. The molecule has 1 N–H and O–H groups in total. The van der Waals surface area contributed by atoms with Crippen LogP contribution < -0.4 is 19.7 Å². The highest BCUT2D eigenvalue weighted by Gasteiger charge is 2.37. The number of hydrogen-bond acceptors (Lipinski definition) is 5. The van der Waals surface area contributed by atoms with Crippen molar-refractivity contribution in [1.29, 1.82) is 0 Å². The van der Waals surface area contributed by atoms with Gasteiger partial charge in [0.05, 0.1) is 28.9 Å². The molecule has 0 aliphatic carbocycles. The van der Waals surface area contributed by atoms with Gasteiger partial charge < -0.3 is 9.47 Å². The third-order valence-corrected chi connectivity index (χ3v) is 4.88. The van der Waals surface area contributed by atoms with E-state index in [1.807, 2.05) is 13.8 Å². The van der Waals surface area contributed by atoms with E-state index in [-0.39, 0.29) is 27.4 Å². The average Bonchev–Trinajstić information content (AvgIpc) is 2.68. The second kappa shape index (κ2) is 8.77. The molecule has 0 unspecified atom stereocenters. The van der Waals surface area contributed by atoms with Gasteiger partial charge in [0.2, 0.25) is 0 Å². The molecule has 30 heavy (non-hydrogen) atoms. The largest absolute Gasteiger partial charge is 0.493 e. The summed E-state index contributed by atoms with van der Waals surface area (Å²) < 4.78 is 11.1. The predicted molar refractivity (Wildman–Crippen MR) is 114 cm³/mol. The van der Waals surface area contributed by atoms with Gasteiger partial charge in [-0.05, 0) is 44.2 Å². The zero-order chi connectivity index (χ0) is 22.0. The van der Waals surface area contributed by atoms with Crippen LogP contribution >= 0.6 is 23.2 Å². The molecule has 1 heterocycles. The van der Waals surface area contributed by atoms with E-state index in [2.05, 4.69) is 5.32 Å². The molecular formula is C21H18Cl2N2O5. The number of methoxy groups -OCH3 is 1. The van der Waals surface area contributed by atoms with Crippen LogP contribution in [0.2, 0.25) is 10.0 Å². The Labute approximate surface area is 183 Å². The quantitative estimate of drug-likeness (QED) is 0.539.